The first-order valence-electron chi connectivity index (χ1n) is 7.88. The van der Waals surface area contributed by atoms with Crippen LogP contribution in [0.1, 0.15) is 65.2 Å². The van der Waals surface area contributed by atoms with Gasteiger partial charge >= 0.3 is 0 Å². The van der Waals surface area contributed by atoms with Gasteiger partial charge in [-0.1, -0.05) is 12.2 Å². The molecule has 0 heteroatoms. The zero-order valence-electron chi connectivity index (χ0n) is 12.1. The highest BCUT2D eigenvalue weighted by Gasteiger charge is 2.29. The summed E-state index contributed by atoms with van der Waals surface area (Å²) in [5, 5.41) is 0. The van der Waals surface area contributed by atoms with Crippen LogP contribution in [-0.2, 0) is 0 Å². The Labute approximate surface area is 113 Å². The van der Waals surface area contributed by atoms with Crippen molar-refractivity contribution in [3.05, 3.63) is 12.2 Å². The first kappa shape index (κ1) is 13.7. The van der Waals surface area contributed by atoms with Crippen molar-refractivity contribution >= 4 is 0 Å². The van der Waals surface area contributed by atoms with Crippen molar-refractivity contribution in [3.63, 3.8) is 0 Å². The summed E-state index contributed by atoms with van der Waals surface area (Å²) < 4.78 is 0. The van der Waals surface area contributed by atoms with E-state index in [1.807, 2.05) is 6.92 Å². The molecule has 0 atom stereocenters. The molecule has 0 aliphatic heterocycles. The SMILES string of the molecule is CC#C[C@H]1CC[C@H](C2CCC(/C=C/C)CC2)CC1. The molecule has 0 heterocycles. The molecular weight excluding hydrogens is 216 g/mol. The monoisotopic (exact) mass is 244 g/mol. The molecule has 0 saturated heterocycles. The summed E-state index contributed by atoms with van der Waals surface area (Å²) in [7, 11) is 0. The van der Waals surface area contributed by atoms with Crippen LogP contribution in [0.2, 0.25) is 0 Å². The quantitative estimate of drug-likeness (QED) is 0.463. The van der Waals surface area contributed by atoms with Gasteiger partial charge in [-0.3, -0.25) is 0 Å². The molecule has 2 aliphatic carbocycles. The molecule has 18 heavy (non-hydrogen) atoms. The molecule has 2 saturated carbocycles. The Morgan fingerprint density at radius 1 is 0.833 bits per heavy atom. The van der Waals surface area contributed by atoms with Crippen molar-refractivity contribution in [2.24, 2.45) is 23.7 Å². The maximum atomic E-state index is 3.37. The average Bonchev–Trinajstić information content (AvgIpc) is 2.41. The molecule has 2 fully saturated rings. The Hall–Kier alpha value is -0.700. The first-order chi connectivity index (χ1) is 8.83. The van der Waals surface area contributed by atoms with Crippen molar-refractivity contribution in [2.75, 3.05) is 0 Å². The van der Waals surface area contributed by atoms with Crippen molar-refractivity contribution in [3.8, 4) is 11.8 Å². The lowest BCUT2D eigenvalue weighted by Crippen LogP contribution is -2.25. The Bertz CT molecular complexity index is 312. The highest BCUT2D eigenvalue weighted by atomic mass is 14.3. The second-order valence-electron chi connectivity index (χ2n) is 6.21. The minimum absolute atomic E-state index is 0.714. The molecule has 0 amide bonds. The van der Waals surface area contributed by atoms with Crippen LogP contribution in [0.4, 0.5) is 0 Å². The number of rotatable bonds is 2. The Balaban J connectivity index is 1.75. The van der Waals surface area contributed by atoms with Gasteiger partial charge < -0.3 is 0 Å². The molecule has 0 N–H and O–H groups in total. The molecular formula is C18H28. The average molecular weight is 244 g/mol. The van der Waals surface area contributed by atoms with Crippen LogP contribution in [0.5, 0.6) is 0 Å². The maximum Gasteiger partial charge on any atom is 0.0203 e. The molecule has 0 bridgehead atoms. The van der Waals surface area contributed by atoms with Crippen molar-refractivity contribution in [1.29, 1.82) is 0 Å². The maximum absolute atomic E-state index is 3.37. The van der Waals surface area contributed by atoms with Gasteiger partial charge in [0.25, 0.3) is 0 Å². The predicted octanol–water partition coefficient (Wildman–Crippen LogP) is 5.20. The van der Waals surface area contributed by atoms with Gasteiger partial charge in [0, 0.05) is 5.92 Å². The zero-order chi connectivity index (χ0) is 12.8. The standard InChI is InChI=1S/C18H28/c1-3-5-15-7-11-17(12-8-15)18-13-9-16(6-4-2)10-14-18/h3,5,15-18H,7-14H2,1-2H3/b5-3+/t15?,16-,17?,18-. The highest BCUT2D eigenvalue weighted by molar-refractivity contribution is 5.02. The molecule has 0 aromatic heterocycles. The fourth-order valence-corrected chi connectivity index (χ4v) is 4.02. The van der Waals surface area contributed by atoms with Gasteiger partial charge in [0.15, 0.2) is 0 Å². The lowest BCUT2D eigenvalue weighted by molar-refractivity contribution is 0.168. The van der Waals surface area contributed by atoms with E-state index >= 15 is 0 Å². The van der Waals surface area contributed by atoms with Crippen LogP contribution < -0.4 is 0 Å². The lowest BCUT2D eigenvalue weighted by atomic mass is 9.69. The minimum atomic E-state index is 0.714. The lowest BCUT2D eigenvalue weighted by Gasteiger charge is -2.36. The Morgan fingerprint density at radius 3 is 1.89 bits per heavy atom. The van der Waals surface area contributed by atoms with E-state index in [0.717, 1.165) is 17.8 Å². The van der Waals surface area contributed by atoms with Crippen LogP contribution in [0, 0.1) is 35.5 Å². The van der Waals surface area contributed by atoms with Crippen molar-refractivity contribution in [1.82, 2.24) is 0 Å². The predicted molar refractivity (Wildman–Crippen MR) is 79.2 cm³/mol. The zero-order valence-corrected chi connectivity index (χ0v) is 12.1. The third kappa shape index (κ3) is 3.64. The summed E-state index contributed by atoms with van der Waals surface area (Å²) in [4.78, 5) is 0. The van der Waals surface area contributed by atoms with E-state index < -0.39 is 0 Å². The fourth-order valence-electron chi connectivity index (χ4n) is 4.02. The second-order valence-corrected chi connectivity index (χ2v) is 6.21. The summed E-state index contributed by atoms with van der Waals surface area (Å²) in [5.41, 5.74) is 0. The van der Waals surface area contributed by atoms with E-state index in [-0.39, 0.29) is 0 Å². The molecule has 0 unspecified atom stereocenters. The number of hydrogen-bond acceptors (Lipinski definition) is 0. The Morgan fingerprint density at radius 2 is 1.39 bits per heavy atom. The molecule has 0 aromatic carbocycles. The molecule has 2 aliphatic rings. The van der Waals surface area contributed by atoms with Crippen LogP contribution in [-0.4, -0.2) is 0 Å². The largest absolute Gasteiger partial charge is 0.106 e. The van der Waals surface area contributed by atoms with Crippen molar-refractivity contribution < 1.29 is 0 Å². The van der Waals surface area contributed by atoms with Crippen molar-refractivity contribution in [2.45, 2.75) is 65.2 Å². The van der Waals surface area contributed by atoms with Gasteiger partial charge in [0.05, 0.1) is 0 Å². The topological polar surface area (TPSA) is 0 Å². The third-order valence-corrected chi connectivity index (χ3v) is 5.07. The minimum Gasteiger partial charge on any atom is -0.106 e. The van der Waals surface area contributed by atoms with Crippen LogP contribution in [0.25, 0.3) is 0 Å². The Kier molecular flexibility index (Phi) is 5.36. The molecule has 0 spiro atoms. The molecule has 0 aromatic rings. The van der Waals surface area contributed by atoms with Gasteiger partial charge in [0.1, 0.15) is 0 Å². The van der Waals surface area contributed by atoms with E-state index in [1.165, 1.54) is 51.4 Å². The van der Waals surface area contributed by atoms with Gasteiger partial charge in [0.2, 0.25) is 0 Å². The van der Waals surface area contributed by atoms with E-state index in [0.29, 0.717) is 5.92 Å². The third-order valence-electron chi connectivity index (χ3n) is 5.07. The second kappa shape index (κ2) is 7.03. The fraction of sp³-hybridized carbons (Fsp3) is 0.778. The van der Waals surface area contributed by atoms with E-state index in [4.69, 9.17) is 0 Å². The van der Waals surface area contributed by atoms with Gasteiger partial charge in [-0.05, 0) is 83.0 Å². The number of hydrogen-bond donors (Lipinski definition) is 0. The van der Waals surface area contributed by atoms with Gasteiger partial charge in [-0.25, -0.2) is 0 Å². The molecule has 2 rings (SSSR count). The summed E-state index contributed by atoms with van der Waals surface area (Å²) in [6, 6.07) is 0. The van der Waals surface area contributed by atoms with E-state index in [2.05, 4.69) is 30.9 Å². The number of allylic oxidation sites excluding steroid dienone is 2. The molecule has 0 nitrogen and oxygen atoms in total. The smallest absolute Gasteiger partial charge is 0.0203 e. The van der Waals surface area contributed by atoms with Gasteiger partial charge in [-0.15, -0.1) is 11.8 Å². The summed E-state index contributed by atoms with van der Waals surface area (Å²) in [6.45, 7) is 4.14. The van der Waals surface area contributed by atoms with Crippen LogP contribution >= 0.6 is 0 Å². The van der Waals surface area contributed by atoms with E-state index in [9.17, 15) is 0 Å². The normalized spacial score (nSPS) is 37.2. The summed E-state index contributed by atoms with van der Waals surface area (Å²) >= 11 is 0. The summed E-state index contributed by atoms with van der Waals surface area (Å²) in [6.07, 6.45) is 16.1. The highest BCUT2D eigenvalue weighted by Crippen LogP contribution is 2.41. The van der Waals surface area contributed by atoms with Crippen LogP contribution in [0.3, 0.4) is 0 Å². The summed E-state index contributed by atoms with van der Waals surface area (Å²) in [5.74, 6) is 10.1. The van der Waals surface area contributed by atoms with E-state index in [1.54, 1.807) is 0 Å². The first-order valence-corrected chi connectivity index (χ1v) is 7.88. The molecule has 100 valence electrons. The molecule has 0 radical (unpaired) electrons. The van der Waals surface area contributed by atoms with Gasteiger partial charge in [-0.2, -0.15) is 0 Å². The van der Waals surface area contributed by atoms with Crippen LogP contribution in [0.15, 0.2) is 12.2 Å².